The number of alkyl halides is 1. The van der Waals surface area contributed by atoms with E-state index in [1.54, 1.807) is 0 Å². The fraction of sp³-hybridized carbons (Fsp3) is 1.00. The van der Waals surface area contributed by atoms with E-state index in [0.29, 0.717) is 6.54 Å². The Balaban J connectivity index is 2.35. The average Bonchev–Trinajstić information content (AvgIpc) is 2.16. The lowest BCUT2D eigenvalue weighted by Crippen LogP contribution is -2.37. The van der Waals surface area contributed by atoms with E-state index < -0.39 is 10.0 Å². The van der Waals surface area contributed by atoms with Crippen LogP contribution in [0.5, 0.6) is 0 Å². The third-order valence-electron chi connectivity index (χ3n) is 2.78. The largest absolute Gasteiger partial charge is 0.393 e. The second-order valence-corrected chi connectivity index (χ2v) is 6.27. The summed E-state index contributed by atoms with van der Waals surface area (Å²) in [5.41, 5.74) is 0. The van der Waals surface area contributed by atoms with Crippen molar-refractivity contribution in [3.05, 3.63) is 0 Å². The molecule has 0 aliphatic heterocycles. The van der Waals surface area contributed by atoms with Gasteiger partial charge in [-0.2, -0.15) is 0 Å². The lowest BCUT2D eigenvalue weighted by Gasteiger charge is -2.27. The maximum atomic E-state index is 11.3. The Hall–Kier alpha value is 0.160. The van der Waals surface area contributed by atoms with Crippen LogP contribution in [0.1, 0.15) is 25.7 Å². The van der Waals surface area contributed by atoms with E-state index in [1.807, 2.05) is 0 Å². The zero-order chi connectivity index (χ0) is 11.3. The summed E-state index contributed by atoms with van der Waals surface area (Å²) in [4.78, 5) is 0. The molecule has 0 amide bonds. The summed E-state index contributed by atoms with van der Waals surface area (Å²) in [6.45, 7) is 0.334. The number of aliphatic hydroxyl groups is 1. The van der Waals surface area contributed by atoms with Crippen molar-refractivity contribution in [1.82, 2.24) is 4.72 Å². The highest BCUT2D eigenvalue weighted by atomic mass is 35.5. The van der Waals surface area contributed by atoms with Crippen LogP contribution >= 0.6 is 11.6 Å². The van der Waals surface area contributed by atoms with Crippen LogP contribution in [0.25, 0.3) is 0 Å². The van der Waals surface area contributed by atoms with Gasteiger partial charge in [0.1, 0.15) is 0 Å². The number of sulfonamides is 1. The van der Waals surface area contributed by atoms with Gasteiger partial charge in [0.25, 0.3) is 0 Å². The molecule has 1 aliphatic carbocycles. The smallest absolute Gasteiger partial charge is 0.212 e. The third-order valence-corrected chi connectivity index (χ3v) is 4.54. The second-order valence-electron chi connectivity index (χ2n) is 3.97. The van der Waals surface area contributed by atoms with Gasteiger partial charge in [0, 0.05) is 12.4 Å². The molecule has 0 heterocycles. The number of nitrogens with one attached hydrogen (secondary N) is 1. The summed E-state index contributed by atoms with van der Waals surface area (Å²) in [7, 11) is -3.25. The van der Waals surface area contributed by atoms with Gasteiger partial charge in [-0.15, -0.1) is 11.6 Å². The summed E-state index contributed by atoms with van der Waals surface area (Å²) >= 11 is 5.37. The van der Waals surface area contributed by atoms with Gasteiger partial charge in [0.05, 0.1) is 11.9 Å². The third kappa shape index (κ3) is 4.68. The van der Waals surface area contributed by atoms with E-state index in [1.165, 1.54) is 0 Å². The molecule has 0 bridgehead atoms. The first-order chi connectivity index (χ1) is 7.05. The van der Waals surface area contributed by atoms with Gasteiger partial charge in [0.2, 0.25) is 10.0 Å². The first-order valence-electron chi connectivity index (χ1n) is 5.26. The highest BCUT2D eigenvalue weighted by Crippen LogP contribution is 2.23. The molecule has 2 atom stereocenters. The molecule has 90 valence electrons. The molecular weight excluding hydrogens is 238 g/mol. The fourth-order valence-electron chi connectivity index (χ4n) is 1.83. The van der Waals surface area contributed by atoms with Crippen LogP contribution in [-0.2, 0) is 10.0 Å². The fourth-order valence-corrected chi connectivity index (χ4v) is 3.26. The van der Waals surface area contributed by atoms with Crippen molar-refractivity contribution >= 4 is 21.6 Å². The summed E-state index contributed by atoms with van der Waals surface area (Å²) in [6.07, 6.45) is 3.41. The molecule has 1 aliphatic rings. The molecule has 0 saturated heterocycles. The quantitative estimate of drug-likeness (QED) is 0.711. The molecule has 1 saturated carbocycles. The monoisotopic (exact) mass is 255 g/mol. The van der Waals surface area contributed by atoms with Gasteiger partial charge in [-0.1, -0.05) is 12.8 Å². The minimum absolute atomic E-state index is 0.0582. The van der Waals surface area contributed by atoms with E-state index in [0.717, 1.165) is 25.7 Å². The Kier molecular flexibility index (Phi) is 5.32. The zero-order valence-corrected chi connectivity index (χ0v) is 10.2. The molecule has 0 radical (unpaired) electrons. The molecule has 2 N–H and O–H groups in total. The van der Waals surface area contributed by atoms with Crippen LogP contribution < -0.4 is 4.72 Å². The lowest BCUT2D eigenvalue weighted by molar-refractivity contribution is 0.0724. The molecule has 15 heavy (non-hydrogen) atoms. The van der Waals surface area contributed by atoms with Gasteiger partial charge in [-0.3, -0.25) is 0 Å². The number of halogens is 1. The van der Waals surface area contributed by atoms with Gasteiger partial charge < -0.3 is 5.11 Å². The molecule has 6 heteroatoms. The Bertz CT molecular complexity index is 281. The summed E-state index contributed by atoms with van der Waals surface area (Å²) in [5.74, 6) is 0.101. The summed E-state index contributed by atoms with van der Waals surface area (Å²) < 4.78 is 25.1. The molecule has 2 unspecified atom stereocenters. The van der Waals surface area contributed by atoms with Gasteiger partial charge in [-0.05, 0) is 18.8 Å². The van der Waals surface area contributed by atoms with Crippen molar-refractivity contribution in [2.24, 2.45) is 5.92 Å². The summed E-state index contributed by atoms with van der Waals surface area (Å²) in [5, 5.41) is 9.63. The lowest BCUT2D eigenvalue weighted by atomic mass is 9.87. The van der Waals surface area contributed by atoms with Gasteiger partial charge in [-0.25, -0.2) is 13.1 Å². The number of hydrogen-bond acceptors (Lipinski definition) is 3. The second kappa shape index (κ2) is 6.03. The SMILES string of the molecule is O=S(=O)(CCCl)NCC1CCCCC1O. The van der Waals surface area contributed by atoms with Crippen molar-refractivity contribution in [2.75, 3.05) is 18.2 Å². The van der Waals surface area contributed by atoms with Crippen molar-refractivity contribution in [2.45, 2.75) is 31.8 Å². The van der Waals surface area contributed by atoms with Crippen LogP contribution in [-0.4, -0.2) is 37.8 Å². The van der Waals surface area contributed by atoms with Crippen LogP contribution in [0.3, 0.4) is 0 Å². The van der Waals surface area contributed by atoms with E-state index in [9.17, 15) is 13.5 Å². The Labute approximate surface area is 96.1 Å². The number of hydrogen-bond donors (Lipinski definition) is 2. The van der Waals surface area contributed by atoms with Gasteiger partial charge >= 0.3 is 0 Å². The standard InChI is InChI=1S/C9H18ClNO3S/c10-5-6-15(13,14)11-7-8-3-1-2-4-9(8)12/h8-9,11-12H,1-7H2. The molecule has 4 nitrogen and oxygen atoms in total. The average molecular weight is 256 g/mol. The van der Waals surface area contributed by atoms with E-state index >= 15 is 0 Å². The molecular formula is C9H18ClNO3S. The maximum absolute atomic E-state index is 11.3. The van der Waals surface area contributed by atoms with Crippen LogP contribution in [0, 0.1) is 5.92 Å². The predicted octanol–water partition coefficient (Wildman–Crippen LogP) is 0.696. The Morgan fingerprint density at radius 3 is 2.60 bits per heavy atom. The molecule has 1 fully saturated rings. The zero-order valence-electron chi connectivity index (χ0n) is 8.65. The van der Waals surface area contributed by atoms with Crippen LogP contribution in [0.2, 0.25) is 0 Å². The Morgan fingerprint density at radius 2 is 2.00 bits per heavy atom. The minimum atomic E-state index is -3.25. The van der Waals surface area contributed by atoms with E-state index in [-0.39, 0.29) is 23.7 Å². The molecule has 0 aromatic rings. The van der Waals surface area contributed by atoms with Crippen molar-refractivity contribution in [1.29, 1.82) is 0 Å². The van der Waals surface area contributed by atoms with Crippen molar-refractivity contribution in [3.8, 4) is 0 Å². The maximum Gasteiger partial charge on any atom is 0.212 e. The van der Waals surface area contributed by atoms with Gasteiger partial charge in [0.15, 0.2) is 0 Å². The minimum Gasteiger partial charge on any atom is -0.393 e. The first kappa shape index (κ1) is 13.2. The normalized spacial score (nSPS) is 27.9. The number of aliphatic hydroxyl groups excluding tert-OH is 1. The predicted molar refractivity (Wildman–Crippen MR) is 60.5 cm³/mol. The van der Waals surface area contributed by atoms with Crippen molar-refractivity contribution < 1.29 is 13.5 Å². The molecule has 0 spiro atoms. The number of rotatable bonds is 5. The molecule has 0 aromatic carbocycles. The van der Waals surface area contributed by atoms with Crippen molar-refractivity contribution in [3.63, 3.8) is 0 Å². The molecule has 1 rings (SSSR count). The highest BCUT2D eigenvalue weighted by Gasteiger charge is 2.24. The van der Waals surface area contributed by atoms with Crippen LogP contribution in [0.4, 0.5) is 0 Å². The van der Waals surface area contributed by atoms with E-state index in [2.05, 4.69) is 4.72 Å². The van der Waals surface area contributed by atoms with E-state index in [4.69, 9.17) is 11.6 Å². The summed E-state index contributed by atoms with van der Waals surface area (Å²) in [6, 6.07) is 0. The molecule has 0 aromatic heterocycles. The highest BCUT2D eigenvalue weighted by molar-refractivity contribution is 7.89. The first-order valence-corrected chi connectivity index (χ1v) is 7.45. The Morgan fingerprint density at radius 1 is 1.33 bits per heavy atom. The topological polar surface area (TPSA) is 66.4 Å². The van der Waals surface area contributed by atoms with Crippen LogP contribution in [0.15, 0.2) is 0 Å².